The Kier molecular flexibility index (Phi) is 9.14. The minimum atomic E-state index is -1.01. The van der Waals surface area contributed by atoms with Crippen LogP contribution in [0.3, 0.4) is 0 Å². The van der Waals surface area contributed by atoms with Gasteiger partial charge in [-0.1, -0.05) is 36.9 Å². The lowest BCUT2D eigenvalue weighted by atomic mass is 9.99. The summed E-state index contributed by atoms with van der Waals surface area (Å²) in [6, 6.07) is 12.8. The predicted molar refractivity (Wildman–Crippen MR) is 172 cm³/mol. The van der Waals surface area contributed by atoms with Crippen LogP contribution in [-0.4, -0.2) is 102 Å². The van der Waals surface area contributed by atoms with Crippen LogP contribution >= 0.6 is 0 Å². The Bertz CT molecular complexity index is 1620. The number of aliphatic hydroxyl groups is 1. The molecule has 4 heterocycles. The number of piperazine rings is 1. The Hall–Kier alpha value is -4.27. The van der Waals surface area contributed by atoms with Crippen molar-refractivity contribution < 1.29 is 19.0 Å². The van der Waals surface area contributed by atoms with Crippen molar-refractivity contribution in [3.05, 3.63) is 77.0 Å². The molecule has 0 bridgehead atoms. The molecule has 1 amide bonds. The van der Waals surface area contributed by atoms with Gasteiger partial charge >= 0.3 is 6.01 Å². The van der Waals surface area contributed by atoms with E-state index >= 15 is 0 Å². The van der Waals surface area contributed by atoms with Crippen molar-refractivity contribution in [3.63, 3.8) is 0 Å². The molecule has 2 atom stereocenters. The van der Waals surface area contributed by atoms with Crippen LogP contribution in [0, 0.1) is 13.5 Å². The number of amides is 1. The first-order valence-electron chi connectivity index (χ1n) is 15.7. The summed E-state index contributed by atoms with van der Waals surface area (Å²) >= 11 is 0. The van der Waals surface area contributed by atoms with E-state index in [0.717, 1.165) is 43.0 Å². The fourth-order valence-corrected chi connectivity index (χ4v) is 7.10. The number of aryl methyl sites for hydroxylation is 1. The number of nitrogens with zero attached hydrogens (tertiary/aromatic N) is 7. The molecule has 3 aromatic rings. The Morgan fingerprint density at radius 1 is 1.13 bits per heavy atom. The van der Waals surface area contributed by atoms with Crippen LogP contribution in [0.25, 0.3) is 15.6 Å². The maximum absolute atomic E-state index is 13.8. The molecule has 1 N–H and O–H groups in total. The Labute approximate surface area is 263 Å². The average Bonchev–Trinajstić information content (AvgIpc) is 3.50. The third kappa shape index (κ3) is 6.30. The highest BCUT2D eigenvalue weighted by atomic mass is 19.1. The monoisotopic (exact) mass is 613 g/mol. The van der Waals surface area contributed by atoms with E-state index in [9.17, 15) is 14.3 Å². The Morgan fingerprint density at radius 3 is 2.73 bits per heavy atom. The summed E-state index contributed by atoms with van der Waals surface area (Å²) in [5.74, 6) is -1.02. The highest BCUT2D eigenvalue weighted by Crippen LogP contribution is 2.36. The van der Waals surface area contributed by atoms with E-state index in [1.54, 1.807) is 0 Å². The summed E-state index contributed by atoms with van der Waals surface area (Å²) in [4.78, 5) is 34.1. The molecule has 0 spiro atoms. The van der Waals surface area contributed by atoms with E-state index in [-0.39, 0.29) is 25.7 Å². The van der Waals surface area contributed by atoms with Crippen LogP contribution in [0.1, 0.15) is 29.7 Å². The van der Waals surface area contributed by atoms with Gasteiger partial charge in [0, 0.05) is 55.4 Å². The zero-order valence-corrected chi connectivity index (χ0v) is 25.8. The summed E-state index contributed by atoms with van der Waals surface area (Å²) in [5.41, 5.74) is 4.32. The maximum atomic E-state index is 13.8. The van der Waals surface area contributed by atoms with Crippen LogP contribution in [0.15, 0.2) is 48.8 Å². The number of benzene rings is 2. The van der Waals surface area contributed by atoms with Gasteiger partial charge < -0.3 is 29.4 Å². The molecule has 1 aromatic heterocycles. The van der Waals surface area contributed by atoms with Crippen LogP contribution < -0.4 is 14.5 Å². The highest BCUT2D eigenvalue weighted by molar-refractivity contribution is 5.97. The largest absolute Gasteiger partial charge is 0.462 e. The fraction of sp³-hybridized carbons (Fsp3) is 0.471. The highest BCUT2D eigenvalue weighted by Gasteiger charge is 2.36. The third-order valence-corrected chi connectivity index (χ3v) is 9.32. The molecule has 0 saturated carbocycles. The summed E-state index contributed by atoms with van der Waals surface area (Å²) in [7, 11) is 0. The lowest BCUT2D eigenvalue weighted by Crippen LogP contribution is -2.57. The Morgan fingerprint density at radius 2 is 1.96 bits per heavy atom. The smallest absolute Gasteiger partial charge is 0.318 e. The normalized spacial score (nSPS) is 20.3. The standard InChI is InChI=1S/C34H40FN7O3/c1-23-7-4-8-25-9-5-11-30(31(23)25)40-14-12-28-29(21-40)37-34(45-22-26-10-6-13-39(26)17-18-43)38-32(28)41-15-16-42(33(44)24(2)35)27(20-41)19-36-3/h4-5,7-9,11,26-27,43H,2,6,10,12-22H2,1H3/t26-,27-/m0/s1. The van der Waals surface area contributed by atoms with E-state index < -0.39 is 17.8 Å². The van der Waals surface area contributed by atoms with Gasteiger partial charge in [-0.2, -0.15) is 9.97 Å². The molecule has 0 unspecified atom stereocenters. The number of anilines is 2. The molecule has 2 aromatic carbocycles. The number of rotatable bonds is 9. The first kappa shape index (κ1) is 30.7. The van der Waals surface area contributed by atoms with Crippen molar-refractivity contribution >= 4 is 28.2 Å². The number of fused-ring (bicyclic) bond motifs is 2. The number of hydrogen-bond acceptors (Lipinski definition) is 8. The van der Waals surface area contributed by atoms with Crippen molar-refractivity contribution in [2.45, 2.75) is 44.8 Å². The van der Waals surface area contributed by atoms with Gasteiger partial charge in [0.15, 0.2) is 5.83 Å². The molecule has 2 saturated heterocycles. The van der Waals surface area contributed by atoms with Crippen molar-refractivity contribution in [1.29, 1.82) is 0 Å². The first-order chi connectivity index (χ1) is 21.9. The minimum absolute atomic E-state index is 0.0583. The van der Waals surface area contributed by atoms with Gasteiger partial charge in [0.05, 0.1) is 18.8 Å². The number of likely N-dealkylation sites (tertiary alicyclic amines) is 1. The second-order valence-corrected chi connectivity index (χ2v) is 12.1. The average molecular weight is 614 g/mol. The van der Waals surface area contributed by atoms with Gasteiger partial charge in [-0.25, -0.2) is 11.0 Å². The zero-order chi connectivity index (χ0) is 31.5. The topological polar surface area (TPSA) is 89.6 Å². The number of aliphatic hydroxyl groups excluding tert-OH is 1. The molecule has 45 heavy (non-hydrogen) atoms. The SMILES string of the molecule is [C-]#[N+]C[C@H]1CN(c2nc(OC[C@@H]3CCCN3CCO)nc3c2CCN(c2cccc4cccc(C)c24)C3)CCN1C(=O)C(=C)F. The fourth-order valence-electron chi connectivity index (χ4n) is 7.10. The van der Waals surface area contributed by atoms with E-state index in [4.69, 9.17) is 21.3 Å². The van der Waals surface area contributed by atoms with Crippen LogP contribution in [0.2, 0.25) is 0 Å². The van der Waals surface area contributed by atoms with Crippen LogP contribution in [0.5, 0.6) is 6.01 Å². The number of carbonyl (C=O) groups is 1. The van der Waals surface area contributed by atoms with Gasteiger partial charge in [0.25, 0.3) is 5.91 Å². The first-order valence-corrected chi connectivity index (χ1v) is 15.7. The molecular weight excluding hydrogens is 573 g/mol. The number of carbonyl (C=O) groups excluding carboxylic acids is 1. The molecule has 236 valence electrons. The number of ether oxygens (including phenoxy) is 1. The number of halogens is 1. The quantitative estimate of drug-likeness (QED) is 0.289. The number of β-amino-alcohol motifs (C(OH)–C–C–N with tert-alkyl or cyclic N) is 1. The minimum Gasteiger partial charge on any atom is -0.462 e. The van der Waals surface area contributed by atoms with Crippen LogP contribution in [0.4, 0.5) is 15.9 Å². The van der Waals surface area contributed by atoms with E-state index in [1.807, 2.05) is 0 Å². The van der Waals surface area contributed by atoms with Crippen molar-refractivity contribution in [2.24, 2.45) is 0 Å². The summed E-state index contributed by atoms with van der Waals surface area (Å²) in [5, 5.41) is 11.9. The van der Waals surface area contributed by atoms with Gasteiger partial charge in [0.2, 0.25) is 6.54 Å². The molecule has 0 radical (unpaired) electrons. The van der Waals surface area contributed by atoms with Crippen molar-refractivity contribution in [2.75, 3.05) is 68.8 Å². The van der Waals surface area contributed by atoms with E-state index in [0.29, 0.717) is 45.2 Å². The second kappa shape index (κ2) is 13.4. The third-order valence-electron chi connectivity index (χ3n) is 9.32. The predicted octanol–water partition coefficient (Wildman–Crippen LogP) is 3.76. The summed E-state index contributed by atoms with van der Waals surface area (Å²) < 4.78 is 20.1. The molecule has 2 fully saturated rings. The van der Waals surface area contributed by atoms with Gasteiger partial charge in [-0.3, -0.25) is 9.69 Å². The zero-order valence-electron chi connectivity index (χ0n) is 25.8. The lowest BCUT2D eigenvalue weighted by Gasteiger charge is -2.41. The molecule has 10 nitrogen and oxygen atoms in total. The molecular formula is C34H40FN7O3. The second-order valence-electron chi connectivity index (χ2n) is 12.1. The molecule has 6 rings (SSSR count). The molecule has 3 aliphatic heterocycles. The van der Waals surface area contributed by atoms with Crippen LogP contribution in [-0.2, 0) is 17.8 Å². The summed E-state index contributed by atoms with van der Waals surface area (Å²) in [6.45, 7) is 17.3. The van der Waals surface area contributed by atoms with Crippen molar-refractivity contribution in [3.8, 4) is 6.01 Å². The van der Waals surface area contributed by atoms with E-state index in [2.05, 4.69) is 69.4 Å². The van der Waals surface area contributed by atoms with E-state index in [1.165, 1.54) is 26.9 Å². The van der Waals surface area contributed by atoms with Crippen molar-refractivity contribution in [1.82, 2.24) is 19.8 Å². The number of aromatic nitrogens is 2. The number of hydrogen-bond donors (Lipinski definition) is 1. The Balaban J connectivity index is 1.33. The maximum Gasteiger partial charge on any atom is 0.318 e. The lowest BCUT2D eigenvalue weighted by molar-refractivity contribution is -0.131. The van der Waals surface area contributed by atoms with Gasteiger partial charge in [0.1, 0.15) is 18.5 Å². The molecule has 11 heteroatoms. The van der Waals surface area contributed by atoms with Gasteiger partial charge in [-0.15, -0.1) is 0 Å². The molecule has 0 aliphatic carbocycles. The molecule has 3 aliphatic rings. The van der Waals surface area contributed by atoms with Gasteiger partial charge in [-0.05, 0) is 49.7 Å². The summed E-state index contributed by atoms with van der Waals surface area (Å²) in [6.07, 6.45) is 2.76.